The van der Waals surface area contributed by atoms with Gasteiger partial charge in [-0.15, -0.1) is 0 Å². The van der Waals surface area contributed by atoms with Crippen LogP contribution in [0.1, 0.15) is 5.56 Å². The molecule has 90 valence electrons. The summed E-state index contributed by atoms with van der Waals surface area (Å²) in [6.45, 7) is 0.500. The van der Waals surface area contributed by atoms with Crippen LogP contribution in [0.4, 0.5) is 4.39 Å². The molecule has 0 bridgehead atoms. The van der Waals surface area contributed by atoms with Crippen LogP contribution in [0.15, 0.2) is 48.8 Å². The van der Waals surface area contributed by atoms with Crippen LogP contribution in [0.3, 0.4) is 0 Å². The number of aromatic nitrogens is 2. The average Bonchev–Trinajstić information content (AvgIpc) is 2.82. The van der Waals surface area contributed by atoms with Crippen molar-refractivity contribution in [1.29, 1.82) is 0 Å². The van der Waals surface area contributed by atoms with Crippen LogP contribution in [-0.4, -0.2) is 9.38 Å². The SMILES string of the molecule is NCc1ccc2nc(-c3ccc(F)cc3)cn2c1. The highest BCUT2D eigenvalue weighted by Gasteiger charge is 2.04. The summed E-state index contributed by atoms with van der Waals surface area (Å²) in [4.78, 5) is 4.49. The molecule has 0 fully saturated rings. The summed E-state index contributed by atoms with van der Waals surface area (Å²) < 4.78 is 14.8. The molecular formula is C14H12FN3. The third kappa shape index (κ3) is 1.87. The smallest absolute Gasteiger partial charge is 0.137 e. The quantitative estimate of drug-likeness (QED) is 0.749. The molecule has 3 aromatic rings. The van der Waals surface area contributed by atoms with Gasteiger partial charge in [-0.05, 0) is 35.9 Å². The van der Waals surface area contributed by atoms with Gasteiger partial charge in [-0.3, -0.25) is 0 Å². The Morgan fingerprint density at radius 1 is 1.06 bits per heavy atom. The maximum atomic E-state index is 12.9. The van der Waals surface area contributed by atoms with Gasteiger partial charge in [0.25, 0.3) is 0 Å². The van der Waals surface area contributed by atoms with E-state index in [0.29, 0.717) is 6.54 Å². The van der Waals surface area contributed by atoms with Gasteiger partial charge in [0.15, 0.2) is 0 Å². The van der Waals surface area contributed by atoms with Crippen LogP contribution in [0.25, 0.3) is 16.9 Å². The molecule has 2 aromatic heterocycles. The zero-order valence-corrected chi connectivity index (χ0v) is 9.68. The first-order valence-electron chi connectivity index (χ1n) is 5.70. The molecule has 2 N–H and O–H groups in total. The first-order valence-corrected chi connectivity index (χ1v) is 5.70. The van der Waals surface area contributed by atoms with Gasteiger partial charge in [0.05, 0.1) is 5.69 Å². The molecule has 0 radical (unpaired) electrons. The van der Waals surface area contributed by atoms with Gasteiger partial charge in [0.1, 0.15) is 11.5 Å². The number of hydrogen-bond acceptors (Lipinski definition) is 2. The molecule has 3 rings (SSSR count). The highest BCUT2D eigenvalue weighted by molar-refractivity contribution is 5.62. The van der Waals surface area contributed by atoms with Crippen molar-refractivity contribution in [3.05, 3.63) is 60.2 Å². The van der Waals surface area contributed by atoms with Crippen LogP contribution in [0.5, 0.6) is 0 Å². The number of pyridine rings is 1. The fourth-order valence-corrected chi connectivity index (χ4v) is 1.92. The van der Waals surface area contributed by atoms with Crippen LogP contribution in [-0.2, 0) is 6.54 Å². The van der Waals surface area contributed by atoms with E-state index in [1.165, 1.54) is 12.1 Å². The van der Waals surface area contributed by atoms with E-state index in [9.17, 15) is 4.39 Å². The Bertz CT molecular complexity index is 686. The molecule has 3 nitrogen and oxygen atoms in total. The monoisotopic (exact) mass is 241 g/mol. The van der Waals surface area contributed by atoms with Crippen LogP contribution in [0, 0.1) is 5.82 Å². The van der Waals surface area contributed by atoms with Gasteiger partial charge >= 0.3 is 0 Å². The molecule has 0 spiro atoms. The summed E-state index contributed by atoms with van der Waals surface area (Å²) >= 11 is 0. The summed E-state index contributed by atoms with van der Waals surface area (Å²) in [5, 5.41) is 0. The standard InChI is InChI=1S/C14H12FN3/c15-12-4-2-11(3-5-12)13-9-18-8-10(7-16)1-6-14(18)17-13/h1-6,8-9H,7,16H2. The highest BCUT2D eigenvalue weighted by Crippen LogP contribution is 2.19. The van der Waals surface area contributed by atoms with Gasteiger partial charge < -0.3 is 10.1 Å². The van der Waals surface area contributed by atoms with Crippen molar-refractivity contribution in [2.75, 3.05) is 0 Å². The second-order valence-electron chi connectivity index (χ2n) is 4.14. The van der Waals surface area contributed by atoms with Crippen molar-refractivity contribution in [3.63, 3.8) is 0 Å². The van der Waals surface area contributed by atoms with Gasteiger partial charge in [0, 0.05) is 24.5 Å². The summed E-state index contributed by atoms with van der Waals surface area (Å²) in [7, 11) is 0. The van der Waals surface area contributed by atoms with E-state index in [2.05, 4.69) is 4.98 Å². The van der Waals surface area contributed by atoms with E-state index in [4.69, 9.17) is 5.73 Å². The number of benzene rings is 1. The molecule has 0 aliphatic heterocycles. The number of nitrogens with zero attached hydrogens (tertiary/aromatic N) is 2. The Labute approximate surface area is 104 Å². The number of fused-ring (bicyclic) bond motifs is 1. The third-order valence-corrected chi connectivity index (χ3v) is 2.89. The van der Waals surface area contributed by atoms with E-state index in [-0.39, 0.29) is 5.82 Å². The van der Waals surface area contributed by atoms with Gasteiger partial charge in [0.2, 0.25) is 0 Å². The minimum atomic E-state index is -0.243. The first kappa shape index (κ1) is 10.9. The van der Waals surface area contributed by atoms with Gasteiger partial charge in [-0.2, -0.15) is 0 Å². The third-order valence-electron chi connectivity index (χ3n) is 2.89. The molecule has 18 heavy (non-hydrogen) atoms. The molecule has 0 saturated carbocycles. The van der Waals surface area contributed by atoms with Crippen molar-refractivity contribution in [3.8, 4) is 11.3 Å². The lowest BCUT2D eigenvalue weighted by atomic mass is 10.2. The topological polar surface area (TPSA) is 43.3 Å². The Morgan fingerprint density at radius 3 is 2.56 bits per heavy atom. The lowest BCUT2D eigenvalue weighted by Gasteiger charge is -1.96. The minimum Gasteiger partial charge on any atom is -0.326 e. The zero-order chi connectivity index (χ0) is 12.5. The summed E-state index contributed by atoms with van der Waals surface area (Å²) in [6.07, 6.45) is 3.87. The first-order chi connectivity index (χ1) is 8.76. The predicted molar refractivity (Wildman–Crippen MR) is 68.5 cm³/mol. The molecule has 1 aromatic carbocycles. The largest absolute Gasteiger partial charge is 0.326 e. The molecular weight excluding hydrogens is 229 g/mol. The number of rotatable bonds is 2. The predicted octanol–water partition coefficient (Wildman–Crippen LogP) is 2.60. The average molecular weight is 241 g/mol. The molecule has 0 aliphatic carbocycles. The minimum absolute atomic E-state index is 0.243. The Balaban J connectivity index is 2.10. The normalized spacial score (nSPS) is 11.0. The fourth-order valence-electron chi connectivity index (χ4n) is 1.92. The van der Waals surface area contributed by atoms with Crippen LogP contribution < -0.4 is 5.73 Å². The van der Waals surface area contributed by atoms with Crippen molar-refractivity contribution >= 4 is 5.65 Å². The molecule has 4 heteroatoms. The second-order valence-corrected chi connectivity index (χ2v) is 4.14. The molecule has 0 saturated heterocycles. The Kier molecular flexibility index (Phi) is 2.57. The van der Waals surface area contributed by atoms with Gasteiger partial charge in [-0.1, -0.05) is 6.07 Å². The zero-order valence-electron chi connectivity index (χ0n) is 9.68. The molecule has 0 atom stereocenters. The van der Waals surface area contributed by atoms with E-state index >= 15 is 0 Å². The van der Waals surface area contributed by atoms with E-state index in [1.807, 2.05) is 28.9 Å². The van der Waals surface area contributed by atoms with E-state index in [0.717, 1.165) is 22.5 Å². The lowest BCUT2D eigenvalue weighted by molar-refractivity contribution is 0.628. The summed E-state index contributed by atoms with van der Waals surface area (Å²) in [5.74, 6) is -0.243. The van der Waals surface area contributed by atoms with Gasteiger partial charge in [-0.25, -0.2) is 9.37 Å². The molecule has 0 unspecified atom stereocenters. The molecule has 0 aliphatic rings. The lowest BCUT2D eigenvalue weighted by Crippen LogP contribution is -1.97. The Hall–Kier alpha value is -2.20. The van der Waals surface area contributed by atoms with Crippen molar-refractivity contribution in [2.24, 2.45) is 5.73 Å². The number of imidazole rings is 1. The van der Waals surface area contributed by atoms with Crippen LogP contribution >= 0.6 is 0 Å². The maximum absolute atomic E-state index is 12.9. The summed E-state index contributed by atoms with van der Waals surface area (Å²) in [6, 6.07) is 10.2. The van der Waals surface area contributed by atoms with Crippen molar-refractivity contribution < 1.29 is 4.39 Å². The Morgan fingerprint density at radius 2 is 1.83 bits per heavy atom. The summed E-state index contributed by atoms with van der Waals surface area (Å²) in [5.41, 5.74) is 9.22. The van der Waals surface area contributed by atoms with E-state index in [1.54, 1.807) is 12.1 Å². The maximum Gasteiger partial charge on any atom is 0.137 e. The van der Waals surface area contributed by atoms with Crippen molar-refractivity contribution in [1.82, 2.24) is 9.38 Å². The van der Waals surface area contributed by atoms with E-state index < -0.39 is 0 Å². The fraction of sp³-hybridized carbons (Fsp3) is 0.0714. The van der Waals surface area contributed by atoms with Crippen LogP contribution in [0.2, 0.25) is 0 Å². The molecule has 0 amide bonds. The number of nitrogens with two attached hydrogens (primary N) is 1. The number of halogens is 1. The van der Waals surface area contributed by atoms with Crippen molar-refractivity contribution in [2.45, 2.75) is 6.54 Å². The highest BCUT2D eigenvalue weighted by atomic mass is 19.1. The molecule has 2 heterocycles. The number of hydrogen-bond donors (Lipinski definition) is 1. The second kappa shape index (κ2) is 4.23.